The summed E-state index contributed by atoms with van der Waals surface area (Å²) in [4.78, 5) is 18.7. The summed E-state index contributed by atoms with van der Waals surface area (Å²) in [5.41, 5.74) is 3.07. The van der Waals surface area contributed by atoms with Gasteiger partial charge in [-0.3, -0.25) is 4.79 Å². The first-order valence-electron chi connectivity index (χ1n) is 8.01. The van der Waals surface area contributed by atoms with Crippen molar-refractivity contribution in [2.45, 2.75) is 20.4 Å². The monoisotopic (exact) mass is 336 g/mol. The SMILES string of the molecule is Cc1noc(C)c1C(=O)NCc1ccc(N(C)c2ccccc2)nc1. The number of hydrogen-bond acceptors (Lipinski definition) is 5. The third-order valence-corrected chi connectivity index (χ3v) is 4.01. The summed E-state index contributed by atoms with van der Waals surface area (Å²) < 4.78 is 5.02. The molecule has 0 atom stereocenters. The number of amides is 1. The summed E-state index contributed by atoms with van der Waals surface area (Å²) in [6.45, 7) is 3.87. The Bertz CT molecular complexity index is 837. The third-order valence-electron chi connectivity index (χ3n) is 4.01. The lowest BCUT2D eigenvalue weighted by Crippen LogP contribution is -2.24. The van der Waals surface area contributed by atoms with Crippen molar-refractivity contribution < 1.29 is 9.32 Å². The van der Waals surface area contributed by atoms with Gasteiger partial charge < -0.3 is 14.7 Å². The summed E-state index contributed by atoms with van der Waals surface area (Å²) in [6.07, 6.45) is 1.77. The van der Waals surface area contributed by atoms with Gasteiger partial charge in [0, 0.05) is 25.5 Å². The normalized spacial score (nSPS) is 10.5. The van der Waals surface area contributed by atoms with Gasteiger partial charge in [-0.05, 0) is 37.6 Å². The largest absolute Gasteiger partial charge is 0.361 e. The van der Waals surface area contributed by atoms with Crippen LogP contribution in [0, 0.1) is 13.8 Å². The highest BCUT2D eigenvalue weighted by atomic mass is 16.5. The van der Waals surface area contributed by atoms with Crippen molar-refractivity contribution >= 4 is 17.4 Å². The molecule has 1 N–H and O–H groups in total. The Kier molecular flexibility index (Phi) is 4.79. The molecule has 0 radical (unpaired) electrons. The lowest BCUT2D eigenvalue weighted by atomic mass is 10.2. The number of para-hydroxylation sites is 1. The van der Waals surface area contributed by atoms with Gasteiger partial charge in [-0.15, -0.1) is 0 Å². The minimum absolute atomic E-state index is 0.193. The van der Waals surface area contributed by atoms with Crippen molar-refractivity contribution in [2.75, 3.05) is 11.9 Å². The number of nitrogens with one attached hydrogen (secondary N) is 1. The molecule has 6 heteroatoms. The van der Waals surface area contributed by atoms with Gasteiger partial charge in [0.15, 0.2) is 0 Å². The highest BCUT2D eigenvalue weighted by Gasteiger charge is 2.17. The van der Waals surface area contributed by atoms with Crippen molar-refractivity contribution in [1.29, 1.82) is 0 Å². The average Bonchev–Trinajstić information content (AvgIpc) is 2.99. The molecule has 0 unspecified atom stereocenters. The van der Waals surface area contributed by atoms with Gasteiger partial charge in [-0.1, -0.05) is 29.4 Å². The molecular formula is C19H20N4O2. The number of carbonyl (C=O) groups excluding carboxylic acids is 1. The lowest BCUT2D eigenvalue weighted by Gasteiger charge is -2.18. The Morgan fingerprint density at radius 2 is 1.92 bits per heavy atom. The van der Waals surface area contributed by atoms with Crippen molar-refractivity contribution in [3.05, 3.63) is 71.2 Å². The predicted octanol–water partition coefficient (Wildman–Crippen LogP) is 3.38. The van der Waals surface area contributed by atoms with E-state index in [1.807, 2.05) is 54.4 Å². The molecule has 2 aromatic heterocycles. The van der Waals surface area contributed by atoms with E-state index in [2.05, 4.69) is 15.5 Å². The first-order valence-corrected chi connectivity index (χ1v) is 8.01. The molecule has 3 aromatic rings. The number of nitrogens with zero attached hydrogens (tertiary/aromatic N) is 3. The fraction of sp³-hybridized carbons (Fsp3) is 0.211. The number of aromatic nitrogens is 2. The lowest BCUT2D eigenvalue weighted by molar-refractivity contribution is 0.0949. The van der Waals surface area contributed by atoms with E-state index in [0.29, 0.717) is 23.6 Å². The smallest absolute Gasteiger partial charge is 0.257 e. The van der Waals surface area contributed by atoms with E-state index in [1.54, 1.807) is 20.0 Å². The number of benzene rings is 1. The number of hydrogen-bond donors (Lipinski definition) is 1. The molecule has 0 bridgehead atoms. The third kappa shape index (κ3) is 3.68. The molecule has 0 fully saturated rings. The van der Waals surface area contributed by atoms with Crippen LogP contribution in [0.1, 0.15) is 27.4 Å². The van der Waals surface area contributed by atoms with E-state index in [4.69, 9.17) is 4.52 Å². The van der Waals surface area contributed by atoms with Crippen LogP contribution in [0.15, 0.2) is 53.2 Å². The van der Waals surface area contributed by atoms with Crippen LogP contribution in [0.4, 0.5) is 11.5 Å². The zero-order valence-electron chi connectivity index (χ0n) is 14.5. The van der Waals surface area contributed by atoms with Crippen molar-refractivity contribution in [2.24, 2.45) is 0 Å². The molecule has 6 nitrogen and oxygen atoms in total. The second-order valence-corrected chi connectivity index (χ2v) is 5.80. The molecule has 1 aromatic carbocycles. The standard InChI is InChI=1S/C19H20N4O2/c1-13-18(14(2)25-22-13)19(24)21-12-15-9-10-17(20-11-15)23(3)16-7-5-4-6-8-16/h4-11H,12H2,1-3H3,(H,21,24). The Morgan fingerprint density at radius 1 is 1.16 bits per heavy atom. The second kappa shape index (κ2) is 7.17. The van der Waals surface area contributed by atoms with Gasteiger partial charge in [-0.25, -0.2) is 4.98 Å². The fourth-order valence-corrected chi connectivity index (χ4v) is 2.58. The molecule has 0 saturated heterocycles. The van der Waals surface area contributed by atoms with Gasteiger partial charge in [0.05, 0.1) is 5.69 Å². The minimum atomic E-state index is -0.193. The number of anilines is 2. The molecule has 3 rings (SSSR count). The molecule has 25 heavy (non-hydrogen) atoms. The van der Waals surface area contributed by atoms with Gasteiger partial charge in [-0.2, -0.15) is 0 Å². The molecular weight excluding hydrogens is 316 g/mol. The first-order chi connectivity index (χ1) is 12.1. The van der Waals surface area contributed by atoms with Crippen LogP contribution in [0.3, 0.4) is 0 Å². The van der Waals surface area contributed by atoms with Gasteiger partial charge in [0.1, 0.15) is 17.1 Å². The zero-order valence-corrected chi connectivity index (χ0v) is 14.5. The summed E-state index contributed by atoms with van der Waals surface area (Å²) in [7, 11) is 1.97. The molecule has 0 aliphatic carbocycles. The summed E-state index contributed by atoms with van der Waals surface area (Å²) in [5.74, 6) is 1.17. The van der Waals surface area contributed by atoms with Crippen LogP contribution < -0.4 is 10.2 Å². The van der Waals surface area contributed by atoms with Crippen LogP contribution in [-0.2, 0) is 6.54 Å². The summed E-state index contributed by atoms with van der Waals surface area (Å²) >= 11 is 0. The van der Waals surface area contributed by atoms with E-state index in [-0.39, 0.29) is 5.91 Å². The van der Waals surface area contributed by atoms with Crippen LogP contribution in [0.5, 0.6) is 0 Å². The number of pyridine rings is 1. The minimum Gasteiger partial charge on any atom is -0.361 e. The van der Waals surface area contributed by atoms with Crippen LogP contribution in [0.25, 0.3) is 0 Å². The number of carbonyl (C=O) groups is 1. The summed E-state index contributed by atoms with van der Waals surface area (Å²) in [6, 6.07) is 13.9. The van der Waals surface area contributed by atoms with Crippen LogP contribution in [-0.4, -0.2) is 23.1 Å². The number of rotatable bonds is 5. The molecule has 0 aliphatic heterocycles. The van der Waals surface area contributed by atoms with Crippen LogP contribution in [0.2, 0.25) is 0 Å². The van der Waals surface area contributed by atoms with Gasteiger partial charge >= 0.3 is 0 Å². The van der Waals surface area contributed by atoms with E-state index in [9.17, 15) is 4.79 Å². The molecule has 1 amide bonds. The molecule has 128 valence electrons. The van der Waals surface area contributed by atoms with Crippen LogP contribution >= 0.6 is 0 Å². The second-order valence-electron chi connectivity index (χ2n) is 5.80. The Morgan fingerprint density at radius 3 is 2.52 bits per heavy atom. The maximum absolute atomic E-state index is 12.2. The maximum atomic E-state index is 12.2. The molecule has 0 spiro atoms. The maximum Gasteiger partial charge on any atom is 0.257 e. The average molecular weight is 336 g/mol. The highest BCUT2D eigenvalue weighted by Crippen LogP contribution is 2.21. The topological polar surface area (TPSA) is 71.3 Å². The Hall–Kier alpha value is -3.15. The van der Waals surface area contributed by atoms with E-state index < -0.39 is 0 Å². The summed E-state index contributed by atoms with van der Waals surface area (Å²) in [5, 5.41) is 6.67. The molecule has 0 saturated carbocycles. The van der Waals surface area contributed by atoms with Crippen molar-refractivity contribution in [3.63, 3.8) is 0 Å². The Labute approximate surface area is 146 Å². The number of aryl methyl sites for hydroxylation is 2. The van der Waals surface area contributed by atoms with E-state index in [0.717, 1.165) is 17.1 Å². The van der Waals surface area contributed by atoms with Gasteiger partial charge in [0.2, 0.25) is 0 Å². The fourth-order valence-electron chi connectivity index (χ4n) is 2.58. The zero-order chi connectivity index (χ0) is 17.8. The Balaban J connectivity index is 1.64. The quantitative estimate of drug-likeness (QED) is 0.773. The molecule has 0 aliphatic rings. The van der Waals surface area contributed by atoms with Crippen molar-refractivity contribution in [3.8, 4) is 0 Å². The van der Waals surface area contributed by atoms with E-state index in [1.165, 1.54) is 0 Å². The first kappa shape index (κ1) is 16.7. The van der Waals surface area contributed by atoms with E-state index >= 15 is 0 Å². The molecule has 2 heterocycles. The highest BCUT2D eigenvalue weighted by molar-refractivity contribution is 5.96. The predicted molar refractivity (Wildman–Crippen MR) is 95.9 cm³/mol. The van der Waals surface area contributed by atoms with Gasteiger partial charge in [0.25, 0.3) is 5.91 Å². The van der Waals surface area contributed by atoms with Crippen molar-refractivity contribution in [1.82, 2.24) is 15.5 Å².